The fraction of sp³-hybridized carbons (Fsp3) is 0.450. The lowest BCUT2D eigenvalue weighted by molar-refractivity contribution is -0.137. The van der Waals surface area contributed by atoms with E-state index in [0.717, 1.165) is 43.5 Å². The predicted octanol–water partition coefficient (Wildman–Crippen LogP) is 3.55. The molecule has 9 heteroatoms. The second-order valence-electron chi connectivity index (χ2n) is 7.56. The molecule has 1 aromatic carbocycles. The molecule has 3 aromatic rings. The van der Waals surface area contributed by atoms with Gasteiger partial charge in [0, 0.05) is 37.4 Å². The van der Waals surface area contributed by atoms with Crippen LogP contribution in [0, 0.1) is 6.92 Å². The van der Waals surface area contributed by atoms with Crippen molar-refractivity contribution in [1.29, 1.82) is 0 Å². The summed E-state index contributed by atoms with van der Waals surface area (Å²) < 4.78 is 40.6. The lowest BCUT2D eigenvalue weighted by Gasteiger charge is -2.37. The smallest absolute Gasteiger partial charge is 0.356 e. The fourth-order valence-corrected chi connectivity index (χ4v) is 3.94. The Kier molecular flexibility index (Phi) is 5.16. The molecule has 0 atom stereocenters. The van der Waals surface area contributed by atoms with E-state index >= 15 is 0 Å². The average Bonchev–Trinajstić information content (AvgIpc) is 3.15. The molecule has 0 N–H and O–H groups in total. The zero-order chi connectivity index (χ0) is 20.6. The Labute approximate surface area is 167 Å². The summed E-state index contributed by atoms with van der Waals surface area (Å²) in [6.07, 6.45) is -0.962. The highest BCUT2D eigenvalue weighted by Crippen LogP contribution is 2.30. The number of rotatable bonds is 4. The Bertz CT molecular complexity index is 991. The molecule has 0 bridgehead atoms. The molecule has 0 saturated carbocycles. The third-order valence-corrected chi connectivity index (χ3v) is 5.46. The minimum absolute atomic E-state index is 0.315. The third kappa shape index (κ3) is 4.19. The molecule has 2 aromatic heterocycles. The van der Waals surface area contributed by atoms with Gasteiger partial charge in [0.15, 0.2) is 0 Å². The van der Waals surface area contributed by atoms with Crippen LogP contribution >= 0.6 is 0 Å². The maximum Gasteiger partial charge on any atom is 0.416 e. The molecular formula is C20H23F3N6. The summed E-state index contributed by atoms with van der Waals surface area (Å²) in [6, 6.07) is 7.91. The molecule has 0 spiro atoms. The number of benzene rings is 1. The van der Waals surface area contributed by atoms with Crippen LogP contribution in [-0.4, -0.2) is 50.7 Å². The van der Waals surface area contributed by atoms with Crippen molar-refractivity contribution in [1.82, 2.24) is 24.5 Å². The van der Waals surface area contributed by atoms with Crippen LogP contribution < -0.4 is 4.90 Å². The van der Waals surface area contributed by atoms with Crippen LogP contribution in [0.25, 0.3) is 5.78 Å². The second-order valence-corrected chi connectivity index (χ2v) is 7.56. The highest BCUT2D eigenvalue weighted by Gasteiger charge is 2.31. The van der Waals surface area contributed by atoms with Gasteiger partial charge in [0.1, 0.15) is 12.1 Å². The molecule has 1 aliphatic heterocycles. The predicted molar refractivity (Wildman–Crippen MR) is 104 cm³/mol. The van der Waals surface area contributed by atoms with E-state index in [1.807, 2.05) is 20.0 Å². The van der Waals surface area contributed by atoms with E-state index in [-0.39, 0.29) is 0 Å². The first kappa shape index (κ1) is 19.6. The van der Waals surface area contributed by atoms with Gasteiger partial charge in [-0.15, -0.1) is 0 Å². The first-order chi connectivity index (χ1) is 13.8. The summed E-state index contributed by atoms with van der Waals surface area (Å²) >= 11 is 0. The number of anilines is 1. The van der Waals surface area contributed by atoms with Crippen LogP contribution in [0.4, 0.5) is 19.0 Å². The van der Waals surface area contributed by atoms with E-state index < -0.39 is 11.7 Å². The minimum Gasteiger partial charge on any atom is -0.356 e. The van der Waals surface area contributed by atoms with Gasteiger partial charge >= 0.3 is 6.18 Å². The number of hydrogen-bond acceptors (Lipinski definition) is 5. The molecule has 29 heavy (non-hydrogen) atoms. The zero-order valence-corrected chi connectivity index (χ0v) is 16.4. The van der Waals surface area contributed by atoms with Gasteiger partial charge in [-0.25, -0.2) is 4.98 Å². The quantitative estimate of drug-likeness (QED) is 0.666. The number of aryl methyl sites for hydroxylation is 1. The van der Waals surface area contributed by atoms with Crippen LogP contribution in [0.15, 0.2) is 36.7 Å². The summed E-state index contributed by atoms with van der Waals surface area (Å²) in [7, 11) is 1.98. The largest absolute Gasteiger partial charge is 0.416 e. The van der Waals surface area contributed by atoms with Crippen LogP contribution in [0.2, 0.25) is 0 Å². The van der Waals surface area contributed by atoms with Crippen molar-refractivity contribution < 1.29 is 13.2 Å². The molecule has 0 aliphatic carbocycles. The molecule has 0 amide bonds. The fourth-order valence-electron chi connectivity index (χ4n) is 3.94. The molecule has 1 saturated heterocycles. The molecule has 1 aliphatic rings. The molecule has 0 radical (unpaired) electrons. The Morgan fingerprint density at radius 3 is 2.66 bits per heavy atom. The van der Waals surface area contributed by atoms with Crippen LogP contribution in [-0.2, 0) is 12.7 Å². The van der Waals surface area contributed by atoms with Crippen molar-refractivity contribution in [3.63, 3.8) is 0 Å². The van der Waals surface area contributed by atoms with Crippen LogP contribution in [0.3, 0.4) is 0 Å². The van der Waals surface area contributed by atoms with Gasteiger partial charge in [0.25, 0.3) is 5.78 Å². The number of halogens is 3. The number of nitrogens with zero attached hydrogens (tertiary/aromatic N) is 6. The average molecular weight is 404 g/mol. The van der Waals surface area contributed by atoms with Gasteiger partial charge in [-0.2, -0.15) is 27.8 Å². The lowest BCUT2D eigenvalue weighted by atomic mass is 10.0. The molecule has 6 nitrogen and oxygen atoms in total. The molecule has 3 heterocycles. The van der Waals surface area contributed by atoms with Crippen molar-refractivity contribution in [3.8, 4) is 0 Å². The van der Waals surface area contributed by atoms with E-state index in [2.05, 4.69) is 24.9 Å². The van der Waals surface area contributed by atoms with Crippen molar-refractivity contribution >= 4 is 11.6 Å². The lowest BCUT2D eigenvalue weighted by Crippen LogP contribution is -2.43. The van der Waals surface area contributed by atoms with Gasteiger partial charge in [-0.05, 0) is 38.4 Å². The molecular weight excluding hydrogens is 381 g/mol. The molecule has 154 valence electrons. The van der Waals surface area contributed by atoms with E-state index in [1.54, 1.807) is 10.6 Å². The first-order valence-corrected chi connectivity index (χ1v) is 9.60. The van der Waals surface area contributed by atoms with Crippen LogP contribution in [0.1, 0.15) is 29.7 Å². The monoisotopic (exact) mass is 404 g/mol. The maximum atomic E-state index is 12.9. The van der Waals surface area contributed by atoms with E-state index in [1.165, 1.54) is 18.5 Å². The highest BCUT2D eigenvalue weighted by molar-refractivity contribution is 5.47. The SMILES string of the molecule is Cc1cc(N2CCC(N(C)Cc3cccc(C(F)(F)F)c3)CC2)n2ncnc2n1. The zero-order valence-electron chi connectivity index (χ0n) is 16.4. The molecule has 4 rings (SSSR count). The van der Waals surface area contributed by atoms with Crippen LogP contribution in [0.5, 0.6) is 0 Å². The van der Waals surface area contributed by atoms with Crippen molar-refractivity contribution in [2.24, 2.45) is 0 Å². The summed E-state index contributed by atoms with van der Waals surface area (Å²) in [4.78, 5) is 13.0. The number of piperidine rings is 1. The standard InChI is InChI=1S/C20H23F3N6/c1-14-10-18(29-19(26-14)24-13-25-29)28-8-6-17(7-9-28)27(2)12-15-4-3-5-16(11-15)20(21,22)23/h3-5,10-11,13,17H,6-9,12H2,1-2H3. The van der Waals surface area contributed by atoms with Gasteiger partial charge in [-0.1, -0.05) is 18.2 Å². The molecule has 0 unspecified atom stereocenters. The van der Waals surface area contributed by atoms with Crippen molar-refractivity contribution in [3.05, 3.63) is 53.5 Å². The summed E-state index contributed by atoms with van der Waals surface area (Å²) in [5.41, 5.74) is 0.978. The first-order valence-electron chi connectivity index (χ1n) is 9.60. The van der Waals surface area contributed by atoms with Gasteiger partial charge in [0.2, 0.25) is 0 Å². The Morgan fingerprint density at radius 2 is 1.93 bits per heavy atom. The topological polar surface area (TPSA) is 49.6 Å². The Hall–Kier alpha value is -2.68. The second kappa shape index (κ2) is 7.62. The summed E-state index contributed by atoms with van der Waals surface area (Å²) in [5.74, 6) is 1.56. The summed E-state index contributed by atoms with van der Waals surface area (Å²) in [5, 5.41) is 4.27. The molecule has 1 fully saturated rings. The van der Waals surface area contributed by atoms with Gasteiger partial charge in [0.05, 0.1) is 5.56 Å². The minimum atomic E-state index is -4.31. The number of hydrogen-bond donors (Lipinski definition) is 0. The van der Waals surface area contributed by atoms with E-state index in [9.17, 15) is 13.2 Å². The maximum absolute atomic E-state index is 12.9. The number of alkyl halides is 3. The number of aromatic nitrogens is 4. The van der Waals surface area contributed by atoms with Crippen molar-refractivity contribution in [2.75, 3.05) is 25.0 Å². The van der Waals surface area contributed by atoms with E-state index in [0.29, 0.717) is 23.9 Å². The normalized spacial score (nSPS) is 16.1. The van der Waals surface area contributed by atoms with E-state index in [4.69, 9.17) is 0 Å². The summed E-state index contributed by atoms with van der Waals surface area (Å²) in [6.45, 7) is 4.12. The Balaban J connectivity index is 1.41. The van der Waals surface area contributed by atoms with Gasteiger partial charge in [-0.3, -0.25) is 4.90 Å². The third-order valence-electron chi connectivity index (χ3n) is 5.46. The Morgan fingerprint density at radius 1 is 1.17 bits per heavy atom. The van der Waals surface area contributed by atoms with Gasteiger partial charge < -0.3 is 4.90 Å². The number of fused-ring (bicyclic) bond motifs is 1. The highest BCUT2D eigenvalue weighted by atomic mass is 19.4. The van der Waals surface area contributed by atoms with Crippen molar-refractivity contribution in [2.45, 2.75) is 38.5 Å².